The average Bonchev–Trinajstić information content (AvgIpc) is 3.32. The second kappa shape index (κ2) is 10.6. The summed E-state index contributed by atoms with van der Waals surface area (Å²) in [4.78, 5) is 44.0. The molecule has 2 N–H and O–H groups in total. The Labute approximate surface area is 250 Å². The average molecular weight is 582 g/mol. The van der Waals surface area contributed by atoms with Crippen molar-refractivity contribution in [3.63, 3.8) is 0 Å². The minimum absolute atomic E-state index is 0.0667. The van der Waals surface area contributed by atoms with E-state index in [1.54, 1.807) is 45.2 Å². The number of amides is 3. The van der Waals surface area contributed by atoms with Gasteiger partial charge in [0, 0.05) is 51.4 Å². The lowest BCUT2D eigenvalue weighted by atomic mass is 9.72. The highest BCUT2D eigenvalue weighted by Crippen LogP contribution is 2.54. The predicted octanol–water partition coefficient (Wildman–Crippen LogP) is 1.80. The van der Waals surface area contributed by atoms with Crippen LogP contribution in [0.3, 0.4) is 0 Å². The third-order valence-corrected chi connectivity index (χ3v) is 9.04. The third-order valence-electron chi connectivity index (χ3n) is 9.04. The van der Waals surface area contributed by atoms with Crippen molar-refractivity contribution in [2.45, 2.75) is 49.7 Å². The molecule has 1 aliphatic heterocycles. The van der Waals surface area contributed by atoms with Crippen LogP contribution < -0.4 is 5.32 Å². The van der Waals surface area contributed by atoms with Gasteiger partial charge in [-0.2, -0.15) is 10.5 Å². The molecule has 12 heteroatoms. The number of piperidine rings is 1. The molecule has 4 atom stereocenters. The minimum atomic E-state index is -0.878. The molecule has 1 saturated heterocycles. The summed E-state index contributed by atoms with van der Waals surface area (Å²) in [6.07, 6.45) is 2.20. The highest BCUT2D eigenvalue weighted by Gasteiger charge is 2.54. The number of aromatic nitrogens is 4. The van der Waals surface area contributed by atoms with Crippen LogP contribution in [0.2, 0.25) is 0 Å². The number of rotatable bonds is 8. The van der Waals surface area contributed by atoms with E-state index < -0.39 is 5.41 Å². The maximum atomic E-state index is 13.2. The molecule has 2 heterocycles. The molecule has 43 heavy (non-hydrogen) atoms. The topological polar surface area (TPSA) is 151 Å². The van der Waals surface area contributed by atoms with Crippen LogP contribution in [0.25, 0.3) is 11.1 Å². The second-order valence-corrected chi connectivity index (χ2v) is 12.3. The Morgan fingerprint density at radius 3 is 2.16 bits per heavy atom. The zero-order valence-electron chi connectivity index (χ0n) is 25.0. The molecular weight excluding hydrogens is 546 g/mol. The van der Waals surface area contributed by atoms with Crippen LogP contribution in [-0.4, -0.2) is 106 Å². The molecule has 1 aromatic heterocycles. The fourth-order valence-corrected chi connectivity index (χ4v) is 6.92. The second-order valence-electron chi connectivity index (χ2n) is 12.3. The van der Waals surface area contributed by atoms with Gasteiger partial charge in [0.2, 0.25) is 5.91 Å². The number of hydrogen-bond donors (Lipinski definition) is 2. The molecule has 12 nitrogen and oxygen atoms in total. The molecule has 3 aliphatic rings. The van der Waals surface area contributed by atoms with E-state index in [-0.39, 0.29) is 42.4 Å². The van der Waals surface area contributed by atoms with Gasteiger partial charge < -0.3 is 20.0 Å². The summed E-state index contributed by atoms with van der Waals surface area (Å²) >= 11 is 0. The number of tetrazole rings is 1. The molecule has 2 fully saturated rings. The van der Waals surface area contributed by atoms with Crippen LogP contribution >= 0.6 is 0 Å². The largest absolute Gasteiger partial charge is 0.345 e. The molecule has 3 aromatic rings. The van der Waals surface area contributed by atoms with Crippen LogP contribution in [0.5, 0.6) is 0 Å². The van der Waals surface area contributed by atoms with Crippen molar-refractivity contribution >= 4 is 17.7 Å². The van der Waals surface area contributed by atoms with Gasteiger partial charge in [-0.3, -0.25) is 14.4 Å². The van der Waals surface area contributed by atoms with Gasteiger partial charge >= 0.3 is 0 Å². The number of fused-ring (bicyclic) bond motifs is 4. The van der Waals surface area contributed by atoms with Crippen molar-refractivity contribution in [2.24, 2.45) is 5.92 Å². The number of nitrogens with zero attached hydrogens (tertiary/aromatic N) is 7. The summed E-state index contributed by atoms with van der Waals surface area (Å²) < 4.78 is 0. The monoisotopic (exact) mass is 581 g/mol. The maximum absolute atomic E-state index is 13.2. The van der Waals surface area contributed by atoms with Crippen LogP contribution in [-0.2, 0) is 10.2 Å². The van der Waals surface area contributed by atoms with E-state index in [0.717, 1.165) is 35.1 Å². The van der Waals surface area contributed by atoms with E-state index in [9.17, 15) is 19.6 Å². The Balaban J connectivity index is 1.40. The molecule has 0 bridgehead atoms. The fraction of sp³-hybridized carbons (Fsp3) is 0.452. The van der Waals surface area contributed by atoms with Crippen molar-refractivity contribution in [2.75, 3.05) is 34.7 Å². The zero-order valence-corrected chi connectivity index (χ0v) is 25.0. The summed E-state index contributed by atoms with van der Waals surface area (Å²) in [5, 5.41) is 28.3. The van der Waals surface area contributed by atoms with Gasteiger partial charge in [0.25, 0.3) is 11.8 Å². The number of nitriles is 1. The number of carbonyl (C=O) groups excluding carboxylic acids is 3. The van der Waals surface area contributed by atoms with Gasteiger partial charge in [-0.25, -0.2) is 0 Å². The molecule has 0 spiro atoms. The summed E-state index contributed by atoms with van der Waals surface area (Å²) in [6.45, 7) is 2.11. The molecular formula is C31H35N9O3. The van der Waals surface area contributed by atoms with Gasteiger partial charge in [-0.15, -0.1) is 10.2 Å². The Morgan fingerprint density at radius 1 is 1.05 bits per heavy atom. The van der Waals surface area contributed by atoms with E-state index in [4.69, 9.17) is 0 Å². The quantitative estimate of drug-likeness (QED) is 0.409. The lowest BCUT2D eigenvalue weighted by Crippen LogP contribution is -2.46. The van der Waals surface area contributed by atoms with E-state index in [0.29, 0.717) is 29.3 Å². The van der Waals surface area contributed by atoms with Gasteiger partial charge in [0.05, 0.1) is 18.0 Å². The zero-order chi connectivity index (χ0) is 30.6. The molecule has 2 aliphatic carbocycles. The molecule has 0 radical (unpaired) electrons. The highest BCUT2D eigenvalue weighted by atomic mass is 16.2. The minimum Gasteiger partial charge on any atom is -0.345 e. The van der Waals surface area contributed by atoms with E-state index in [2.05, 4.69) is 32.0 Å². The smallest absolute Gasteiger partial charge is 0.253 e. The van der Waals surface area contributed by atoms with Crippen LogP contribution in [0, 0.1) is 17.2 Å². The van der Waals surface area contributed by atoms with Crippen molar-refractivity contribution in [1.82, 2.24) is 40.6 Å². The Hall–Kier alpha value is -4.63. The van der Waals surface area contributed by atoms with Crippen molar-refractivity contribution in [3.05, 3.63) is 64.5 Å². The molecule has 2 aromatic carbocycles. The van der Waals surface area contributed by atoms with Crippen LogP contribution in [0.15, 0.2) is 36.4 Å². The SMILES string of the molecule is C[C@@H](CC1(c2nn[nH]n2)c2ccc(C(=O)N(C)C)cc2-c2cc(C(=O)N(C)C)ccc21)NCC(=O)N1[C@H](C#N)C[C@@H]2C[C@@H]21. The van der Waals surface area contributed by atoms with E-state index in [1.165, 1.54) is 9.80 Å². The van der Waals surface area contributed by atoms with E-state index in [1.807, 2.05) is 31.2 Å². The fourth-order valence-electron chi connectivity index (χ4n) is 6.92. The summed E-state index contributed by atoms with van der Waals surface area (Å²) in [5.74, 6) is 0.572. The standard InChI is InChI=1S/C31H35N9O3/c1-17(33-16-27(41)40-21(15-32)10-20-13-26(20)40)14-31(30-34-36-37-35-30)24-8-6-18(28(42)38(2)3)11-22(24)23-12-19(7-9-25(23)31)29(43)39(4)5/h6-9,11-12,17,20-21,26,33H,10,13-14,16H2,1-5H3,(H,34,35,36,37)/t17-,20+,21-,26-/m0/s1. The first kappa shape index (κ1) is 28.5. The first-order chi connectivity index (χ1) is 20.6. The first-order valence-corrected chi connectivity index (χ1v) is 14.5. The van der Waals surface area contributed by atoms with Crippen molar-refractivity contribution in [3.8, 4) is 17.2 Å². The van der Waals surface area contributed by atoms with Crippen LogP contribution in [0.1, 0.15) is 63.9 Å². The summed E-state index contributed by atoms with van der Waals surface area (Å²) in [5.41, 5.74) is 3.58. The number of H-pyrrole nitrogens is 1. The van der Waals surface area contributed by atoms with Gasteiger partial charge in [-0.1, -0.05) is 17.3 Å². The van der Waals surface area contributed by atoms with Crippen LogP contribution in [0.4, 0.5) is 0 Å². The number of likely N-dealkylation sites (tertiary alicyclic amines) is 1. The lowest BCUT2D eigenvalue weighted by molar-refractivity contribution is -0.131. The predicted molar refractivity (Wildman–Crippen MR) is 157 cm³/mol. The maximum Gasteiger partial charge on any atom is 0.253 e. The van der Waals surface area contributed by atoms with Gasteiger partial charge in [-0.05, 0) is 78.6 Å². The Bertz CT molecular complexity index is 1570. The summed E-state index contributed by atoms with van der Waals surface area (Å²) in [7, 11) is 6.83. The number of aromatic amines is 1. The molecule has 3 amide bonds. The first-order valence-electron chi connectivity index (χ1n) is 14.5. The number of benzene rings is 2. The Morgan fingerprint density at radius 2 is 1.65 bits per heavy atom. The van der Waals surface area contributed by atoms with Gasteiger partial charge in [0.15, 0.2) is 5.82 Å². The third kappa shape index (κ3) is 4.64. The summed E-state index contributed by atoms with van der Waals surface area (Å²) in [6, 6.07) is 13.1. The van der Waals surface area contributed by atoms with E-state index >= 15 is 0 Å². The van der Waals surface area contributed by atoms with Crippen molar-refractivity contribution in [1.29, 1.82) is 5.26 Å². The molecule has 222 valence electrons. The molecule has 0 unspecified atom stereocenters. The highest BCUT2D eigenvalue weighted by molar-refractivity contribution is 5.99. The molecule has 1 saturated carbocycles. The normalized spacial score (nSPS) is 21.3. The van der Waals surface area contributed by atoms with Gasteiger partial charge in [0.1, 0.15) is 6.04 Å². The molecule has 6 rings (SSSR count). The lowest BCUT2D eigenvalue weighted by Gasteiger charge is -2.32. The number of carbonyl (C=O) groups is 3. The number of hydrogen-bond acceptors (Lipinski definition) is 8. The van der Waals surface area contributed by atoms with Crippen molar-refractivity contribution < 1.29 is 14.4 Å². The number of nitrogens with one attached hydrogen (secondary N) is 2. The Kier molecular flexibility index (Phi) is 7.01.